The molecule has 2 heterocycles. The zero-order chi connectivity index (χ0) is 17.2. The van der Waals surface area contributed by atoms with Crippen LogP contribution in [0.5, 0.6) is 11.5 Å². The fourth-order valence-corrected chi connectivity index (χ4v) is 2.32. The van der Waals surface area contributed by atoms with Crippen LogP contribution in [0.1, 0.15) is 2.74 Å². The Morgan fingerprint density at radius 1 is 0.800 bits per heavy atom. The van der Waals surface area contributed by atoms with E-state index in [9.17, 15) is 10.2 Å². The molecule has 0 spiro atoms. The number of H-pyrrole nitrogens is 2. The number of hydrogen-bond donors (Lipinski definition) is 2. The Morgan fingerprint density at radius 3 is 1.70 bits per heavy atom. The largest absolute Gasteiger partial charge is 0.871 e. The van der Waals surface area contributed by atoms with E-state index in [1.165, 1.54) is 36.4 Å². The number of aromatic amines is 2. The van der Waals surface area contributed by atoms with Gasteiger partial charge in [-0.15, -0.1) is 0 Å². The lowest BCUT2D eigenvalue weighted by molar-refractivity contribution is -0.268. The average Bonchev–Trinajstić information content (AvgIpc) is 2.92. The van der Waals surface area contributed by atoms with Gasteiger partial charge in [0.15, 0.2) is 2.82 Å². The first-order valence-electron chi connectivity index (χ1n) is 7.92. The summed E-state index contributed by atoms with van der Waals surface area (Å²) >= 11 is 0. The molecule has 2 N–H and O–H groups in total. The van der Waals surface area contributed by atoms with E-state index >= 15 is 0 Å². The number of rotatable bonds is 1. The van der Waals surface area contributed by atoms with E-state index in [1.54, 1.807) is 0 Å². The van der Waals surface area contributed by atoms with Crippen LogP contribution in [-0.2, 0) is 0 Å². The molecule has 0 saturated heterocycles. The predicted octanol–water partition coefficient (Wildman–Crippen LogP) is 2.46. The third kappa shape index (κ3) is 1.36. The molecule has 4 aromatic rings. The Balaban J connectivity index is 2.14. The monoisotopic (exact) mass is 266 g/mol. The van der Waals surface area contributed by atoms with E-state index in [0.717, 1.165) is 9.95 Å². The minimum atomic E-state index is -0.561. The van der Waals surface area contributed by atoms with Crippen LogP contribution in [0.3, 0.4) is 0 Å². The highest BCUT2D eigenvalue weighted by Crippen LogP contribution is 2.39. The Bertz CT molecular complexity index is 1040. The maximum atomic E-state index is 12.7. The van der Waals surface area contributed by atoms with Gasteiger partial charge in [0.25, 0.3) is 0 Å². The summed E-state index contributed by atoms with van der Waals surface area (Å²) in [5, 5.41) is 25.6. The lowest BCUT2D eigenvalue weighted by atomic mass is 10.2. The first kappa shape index (κ1) is 7.65. The Morgan fingerprint density at radius 2 is 1.25 bits per heavy atom. The predicted molar refractivity (Wildman–Crippen MR) is 74.5 cm³/mol. The first-order chi connectivity index (χ1) is 11.4. The smallest absolute Gasteiger partial charge is 0.167 e. The molecule has 4 nitrogen and oxygen atoms in total. The lowest BCUT2D eigenvalue weighted by Gasteiger charge is -2.11. The number of fused-ring (bicyclic) bond motifs is 2. The number of para-hydroxylation sites is 2. The summed E-state index contributed by atoms with van der Waals surface area (Å²) in [6, 6.07) is 8.80. The summed E-state index contributed by atoms with van der Waals surface area (Å²) in [6.07, 6.45) is 0. The van der Waals surface area contributed by atoms with E-state index in [-0.39, 0.29) is 45.3 Å². The molecule has 0 aliphatic heterocycles. The number of aromatic nitrogens is 2. The molecule has 2 aromatic heterocycles. The maximum Gasteiger partial charge on any atom is 0.167 e. The maximum absolute atomic E-state index is 12.7. The molecule has 0 fully saturated rings. The van der Waals surface area contributed by atoms with Crippen LogP contribution in [-0.4, -0.2) is 9.95 Å². The molecule has 20 heavy (non-hydrogen) atoms. The number of benzene rings is 2. The number of hydrogen-bond acceptors (Lipinski definition) is 2. The zero-order valence-electron chi connectivity index (χ0n) is 14.2. The van der Waals surface area contributed by atoms with Crippen molar-refractivity contribution in [1.29, 1.82) is 0 Å². The van der Waals surface area contributed by atoms with E-state index in [2.05, 4.69) is 0 Å². The van der Waals surface area contributed by atoms with Crippen molar-refractivity contribution >= 4 is 21.8 Å². The molecule has 0 atom stereocenters. The third-order valence-corrected chi connectivity index (χ3v) is 3.29. The Labute approximate surface area is 120 Å². The molecule has 0 unspecified atom stereocenters. The van der Waals surface area contributed by atoms with Crippen molar-refractivity contribution in [2.75, 3.05) is 0 Å². The molecule has 2 aromatic carbocycles. The van der Waals surface area contributed by atoms with Gasteiger partial charge in [0.1, 0.15) is 0 Å². The number of nitrogens with one attached hydrogen (secondary N) is 2. The molecule has 98 valence electrons. The van der Waals surface area contributed by atoms with Crippen molar-refractivity contribution in [3.63, 3.8) is 0 Å². The van der Waals surface area contributed by atoms with Gasteiger partial charge in [-0.1, -0.05) is 47.8 Å². The average molecular weight is 266 g/mol. The van der Waals surface area contributed by atoms with Gasteiger partial charge < -0.3 is 20.2 Å². The summed E-state index contributed by atoms with van der Waals surface area (Å²) < 4.78 is 31.6. The van der Waals surface area contributed by atoms with E-state index in [1.807, 2.05) is 0 Å². The lowest BCUT2D eigenvalue weighted by Crippen LogP contribution is -1.95. The molecule has 0 radical (unpaired) electrons. The second-order valence-electron chi connectivity index (χ2n) is 4.47. The molecule has 4 heteroatoms. The normalized spacial score (nSPS) is 14.2. The Hall–Kier alpha value is -2.88. The molecule has 0 bridgehead atoms. The van der Waals surface area contributed by atoms with Gasteiger partial charge in [0, 0.05) is 11.0 Å². The van der Waals surface area contributed by atoms with Gasteiger partial charge in [-0.3, -0.25) is 0 Å². The van der Waals surface area contributed by atoms with Crippen LogP contribution in [0.15, 0.2) is 48.5 Å². The molecular formula is C16H10N2O2-2. The minimum absolute atomic E-state index is 0.129. The molecule has 0 aliphatic rings. The summed E-state index contributed by atoms with van der Waals surface area (Å²) in [6.45, 7) is 0. The van der Waals surface area contributed by atoms with Crippen LogP contribution in [0, 0.1) is 0 Å². The van der Waals surface area contributed by atoms with Crippen LogP contribution in [0.4, 0.5) is 0 Å². The van der Waals surface area contributed by atoms with Gasteiger partial charge in [0.2, 0.25) is 0 Å². The highest BCUT2D eigenvalue weighted by atomic mass is 16.3. The fraction of sp³-hybridized carbons (Fsp3) is 0. The summed E-state index contributed by atoms with van der Waals surface area (Å²) in [5.74, 6) is -1.12. The van der Waals surface area contributed by atoms with Crippen LogP contribution in [0.25, 0.3) is 33.2 Å². The summed E-state index contributed by atoms with van der Waals surface area (Å²) in [4.78, 5) is 1.67. The van der Waals surface area contributed by atoms with Crippen molar-refractivity contribution in [1.82, 2.24) is 9.95 Å². The van der Waals surface area contributed by atoms with Crippen molar-refractivity contribution in [3.05, 3.63) is 48.5 Å². The van der Waals surface area contributed by atoms with Gasteiger partial charge in [0.05, 0.1) is 14.1 Å². The van der Waals surface area contributed by atoms with E-state index in [4.69, 9.17) is 5.57 Å². The fourth-order valence-electron chi connectivity index (χ4n) is 2.32. The highest BCUT2D eigenvalue weighted by molar-refractivity contribution is 5.98. The molecule has 0 amide bonds. The van der Waals surface area contributed by atoms with E-state index in [0.29, 0.717) is 0 Å². The molecular weight excluding hydrogens is 252 g/mol. The van der Waals surface area contributed by atoms with E-state index < -0.39 is 11.5 Å². The highest BCUT2D eigenvalue weighted by Gasteiger charge is 2.10. The molecule has 0 aliphatic carbocycles. The van der Waals surface area contributed by atoms with Crippen LogP contribution >= 0.6 is 0 Å². The van der Waals surface area contributed by atoms with Crippen molar-refractivity contribution in [2.24, 2.45) is 0 Å². The first-order valence-corrected chi connectivity index (χ1v) is 6.03. The van der Waals surface area contributed by atoms with Crippen molar-refractivity contribution in [3.8, 4) is 22.9 Å². The Kier molecular flexibility index (Phi) is 1.45. The van der Waals surface area contributed by atoms with Gasteiger partial charge in [-0.25, -0.2) is 0 Å². The standard InChI is InChI=1S/C16H12N2O2/c19-15-9-5-1-3-7-11(9)17-13(15)14-16(20)10-6-2-4-8-12(10)18-14/h1-8,17-20H/p-2/i1D,2D/hD2. The SMILES string of the molecule is [2H]c1ccc2c(c1)c([O-])c(-c1c([O-])c3cc([2H])ccc3n1[2H])n2[2H]. The molecule has 0 saturated carbocycles. The van der Waals surface area contributed by atoms with Crippen LogP contribution < -0.4 is 10.2 Å². The van der Waals surface area contributed by atoms with Crippen LogP contribution in [0.2, 0.25) is 2.82 Å². The second kappa shape index (κ2) is 3.81. The van der Waals surface area contributed by atoms with Gasteiger partial charge in [-0.2, -0.15) is 0 Å². The minimum Gasteiger partial charge on any atom is -0.871 e. The van der Waals surface area contributed by atoms with Gasteiger partial charge in [-0.05, 0) is 22.9 Å². The third-order valence-electron chi connectivity index (χ3n) is 3.29. The van der Waals surface area contributed by atoms with Crippen molar-refractivity contribution < 1.29 is 15.8 Å². The topological polar surface area (TPSA) is 77.7 Å². The van der Waals surface area contributed by atoms with Gasteiger partial charge >= 0.3 is 0 Å². The summed E-state index contributed by atoms with van der Waals surface area (Å²) in [5.41, 5.74) is 0.130. The zero-order valence-corrected chi connectivity index (χ0v) is 10.2. The molecule has 4 rings (SSSR count). The second-order valence-corrected chi connectivity index (χ2v) is 4.47. The van der Waals surface area contributed by atoms with Crippen molar-refractivity contribution in [2.45, 2.75) is 0 Å². The quantitative estimate of drug-likeness (QED) is 0.555. The summed E-state index contributed by atoms with van der Waals surface area (Å²) in [7, 11) is 0.